The Labute approximate surface area is 116 Å². The van der Waals surface area contributed by atoms with Gasteiger partial charge < -0.3 is 15.0 Å². The van der Waals surface area contributed by atoms with Gasteiger partial charge >= 0.3 is 6.61 Å². The van der Waals surface area contributed by atoms with Gasteiger partial charge in [0.2, 0.25) is 0 Å². The molecule has 1 aromatic carbocycles. The van der Waals surface area contributed by atoms with Crippen molar-refractivity contribution in [2.24, 2.45) is 4.99 Å². The number of nitrogens with zero attached hydrogens (tertiary/aromatic N) is 2. The summed E-state index contributed by atoms with van der Waals surface area (Å²) >= 11 is 0. The van der Waals surface area contributed by atoms with Crippen molar-refractivity contribution in [2.45, 2.75) is 25.0 Å². The Hall–Kier alpha value is -1.85. The predicted molar refractivity (Wildman–Crippen MR) is 72.3 cm³/mol. The largest absolute Gasteiger partial charge is 0.435 e. The second kappa shape index (κ2) is 5.26. The highest BCUT2D eigenvalue weighted by Crippen LogP contribution is 2.41. The summed E-state index contributed by atoms with van der Waals surface area (Å²) in [6, 6.07) is 7.27. The lowest BCUT2D eigenvalue weighted by molar-refractivity contribution is -0.0498. The number of guanidine groups is 1. The molecule has 20 heavy (non-hydrogen) atoms. The number of hydrogen-bond acceptors (Lipinski definition) is 4. The fourth-order valence-corrected chi connectivity index (χ4v) is 2.47. The van der Waals surface area contributed by atoms with Crippen LogP contribution in [0.5, 0.6) is 5.75 Å². The molecule has 1 aliphatic heterocycles. The third kappa shape index (κ3) is 2.84. The van der Waals surface area contributed by atoms with Gasteiger partial charge in [-0.1, -0.05) is 12.1 Å². The lowest BCUT2D eigenvalue weighted by Gasteiger charge is -2.15. The minimum absolute atomic E-state index is 0.203. The Balaban J connectivity index is 1.56. The van der Waals surface area contributed by atoms with E-state index in [9.17, 15) is 8.78 Å². The zero-order valence-corrected chi connectivity index (χ0v) is 11.2. The number of alkyl halides is 2. The molecule has 0 spiro atoms. The molecule has 1 heterocycles. The molecule has 0 bridgehead atoms. The molecule has 1 aromatic rings. The Morgan fingerprint density at radius 2 is 2.10 bits per heavy atom. The third-order valence-electron chi connectivity index (χ3n) is 3.70. The SMILES string of the molecule is CN1CCN=C1N[C@@H]1C[C@H]1c1ccc(OC(F)F)cc1. The van der Waals surface area contributed by atoms with Crippen LogP contribution in [0.2, 0.25) is 0 Å². The standard InChI is InChI=1S/C14H17F2N3O/c1-19-7-6-17-14(19)18-12-8-11(12)9-2-4-10(5-3-9)20-13(15)16/h2-5,11-13H,6-8H2,1H3,(H,17,18)/t11-,12+/m0/s1. The highest BCUT2D eigenvalue weighted by molar-refractivity contribution is 5.82. The van der Waals surface area contributed by atoms with E-state index in [1.807, 2.05) is 19.2 Å². The number of nitrogens with one attached hydrogen (secondary N) is 1. The van der Waals surface area contributed by atoms with Crippen molar-refractivity contribution in [1.29, 1.82) is 0 Å². The Bertz CT molecular complexity index is 504. The summed E-state index contributed by atoms with van der Waals surface area (Å²) in [6.45, 7) is -0.970. The average molecular weight is 281 g/mol. The van der Waals surface area contributed by atoms with E-state index in [0.29, 0.717) is 12.0 Å². The molecule has 1 N–H and O–H groups in total. The Kier molecular flexibility index (Phi) is 3.46. The van der Waals surface area contributed by atoms with Gasteiger partial charge in [-0.2, -0.15) is 8.78 Å². The molecule has 3 rings (SSSR count). The molecule has 0 aromatic heterocycles. The first-order chi connectivity index (χ1) is 9.63. The molecule has 0 amide bonds. The van der Waals surface area contributed by atoms with Gasteiger partial charge in [0.15, 0.2) is 5.96 Å². The second-order valence-electron chi connectivity index (χ2n) is 5.17. The molecule has 2 aliphatic rings. The summed E-state index contributed by atoms with van der Waals surface area (Å²) in [4.78, 5) is 6.51. The van der Waals surface area contributed by atoms with Crippen LogP contribution in [0.15, 0.2) is 29.3 Å². The van der Waals surface area contributed by atoms with Crippen molar-refractivity contribution in [2.75, 3.05) is 20.1 Å². The number of ether oxygens (including phenoxy) is 1. The smallest absolute Gasteiger partial charge is 0.387 e. The van der Waals surface area contributed by atoms with Crippen molar-refractivity contribution in [3.05, 3.63) is 29.8 Å². The summed E-state index contributed by atoms with van der Waals surface area (Å²) in [5.74, 6) is 1.58. The number of likely N-dealkylation sites (N-methyl/N-ethyl adjacent to an activating group) is 1. The minimum atomic E-state index is -2.77. The number of hydrogen-bond donors (Lipinski definition) is 1. The molecule has 0 radical (unpaired) electrons. The summed E-state index contributed by atoms with van der Waals surface area (Å²) in [6.07, 6.45) is 1.04. The van der Waals surface area contributed by atoms with Crippen LogP contribution in [0.3, 0.4) is 0 Å². The van der Waals surface area contributed by atoms with Gasteiger partial charge in [0.25, 0.3) is 0 Å². The van der Waals surface area contributed by atoms with Crippen molar-refractivity contribution < 1.29 is 13.5 Å². The third-order valence-corrected chi connectivity index (χ3v) is 3.70. The van der Waals surface area contributed by atoms with E-state index in [0.717, 1.165) is 31.0 Å². The molecule has 108 valence electrons. The maximum absolute atomic E-state index is 12.1. The van der Waals surface area contributed by atoms with Gasteiger partial charge in [-0.3, -0.25) is 4.99 Å². The zero-order valence-electron chi connectivity index (χ0n) is 11.2. The first kappa shape index (κ1) is 13.1. The molecule has 0 unspecified atom stereocenters. The van der Waals surface area contributed by atoms with E-state index in [-0.39, 0.29) is 5.75 Å². The lowest BCUT2D eigenvalue weighted by atomic mass is 10.1. The number of aliphatic imine (C=N–C) groups is 1. The van der Waals surface area contributed by atoms with Crippen LogP contribution in [-0.2, 0) is 0 Å². The summed E-state index contributed by atoms with van der Waals surface area (Å²) < 4.78 is 28.5. The van der Waals surface area contributed by atoms with Gasteiger partial charge in [-0.25, -0.2) is 0 Å². The predicted octanol–water partition coefficient (Wildman–Crippen LogP) is 2.03. The van der Waals surface area contributed by atoms with E-state index in [4.69, 9.17) is 0 Å². The molecular formula is C14H17F2N3O. The Morgan fingerprint density at radius 1 is 1.35 bits per heavy atom. The molecule has 1 saturated carbocycles. The fraction of sp³-hybridized carbons (Fsp3) is 0.500. The van der Waals surface area contributed by atoms with Gasteiger partial charge in [0.1, 0.15) is 5.75 Å². The monoisotopic (exact) mass is 281 g/mol. The molecule has 6 heteroatoms. The number of rotatable bonds is 4. The van der Waals surface area contributed by atoms with Crippen LogP contribution in [0.4, 0.5) is 8.78 Å². The maximum Gasteiger partial charge on any atom is 0.387 e. The van der Waals surface area contributed by atoms with Crippen LogP contribution in [-0.4, -0.2) is 43.6 Å². The van der Waals surface area contributed by atoms with Crippen LogP contribution in [0.25, 0.3) is 0 Å². The fourth-order valence-electron chi connectivity index (χ4n) is 2.47. The highest BCUT2D eigenvalue weighted by Gasteiger charge is 2.39. The lowest BCUT2D eigenvalue weighted by Crippen LogP contribution is -2.37. The Morgan fingerprint density at radius 3 is 2.70 bits per heavy atom. The summed E-state index contributed by atoms with van der Waals surface area (Å²) in [5.41, 5.74) is 1.14. The molecule has 0 saturated heterocycles. The van der Waals surface area contributed by atoms with E-state index in [1.54, 1.807) is 12.1 Å². The van der Waals surface area contributed by atoms with Gasteiger partial charge in [0, 0.05) is 25.6 Å². The maximum atomic E-state index is 12.1. The molecular weight excluding hydrogens is 264 g/mol. The van der Waals surface area contributed by atoms with E-state index < -0.39 is 6.61 Å². The van der Waals surface area contributed by atoms with Crippen LogP contribution < -0.4 is 10.1 Å². The summed E-state index contributed by atoms with van der Waals surface area (Å²) in [5, 5.41) is 3.42. The number of benzene rings is 1. The summed E-state index contributed by atoms with van der Waals surface area (Å²) in [7, 11) is 2.02. The first-order valence-corrected chi connectivity index (χ1v) is 6.70. The van der Waals surface area contributed by atoms with Crippen LogP contribution in [0.1, 0.15) is 17.9 Å². The van der Waals surface area contributed by atoms with Crippen molar-refractivity contribution in [3.63, 3.8) is 0 Å². The van der Waals surface area contributed by atoms with Crippen LogP contribution >= 0.6 is 0 Å². The van der Waals surface area contributed by atoms with E-state index in [2.05, 4.69) is 19.9 Å². The second-order valence-corrected chi connectivity index (χ2v) is 5.17. The average Bonchev–Trinajstić information content (AvgIpc) is 3.05. The number of halogens is 2. The normalized spacial score (nSPS) is 24.8. The zero-order chi connectivity index (χ0) is 14.1. The quantitative estimate of drug-likeness (QED) is 0.917. The first-order valence-electron chi connectivity index (χ1n) is 6.70. The van der Waals surface area contributed by atoms with Crippen molar-refractivity contribution >= 4 is 5.96 Å². The minimum Gasteiger partial charge on any atom is -0.435 e. The van der Waals surface area contributed by atoms with Gasteiger partial charge in [-0.05, 0) is 24.1 Å². The molecule has 2 atom stereocenters. The van der Waals surface area contributed by atoms with Gasteiger partial charge in [-0.15, -0.1) is 0 Å². The van der Waals surface area contributed by atoms with E-state index in [1.165, 1.54) is 0 Å². The van der Waals surface area contributed by atoms with Crippen molar-refractivity contribution in [1.82, 2.24) is 10.2 Å². The van der Waals surface area contributed by atoms with Gasteiger partial charge in [0.05, 0.1) is 6.54 Å². The topological polar surface area (TPSA) is 36.9 Å². The van der Waals surface area contributed by atoms with E-state index >= 15 is 0 Å². The van der Waals surface area contributed by atoms with Crippen LogP contribution in [0, 0.1) is 0 Å². The molecule has 1 fully saturated rings. The molecule has 1 aliphatic carbocycles. The molecule has 4 nitrogen and oxygen atoms in total. The highest BCUT2D eigenvalue weighted by atomic mass is 19.3. The van der Waals surface area contributed by atoms with Crippen molar-refractivity contribution in [3.8, 4) is 5.75 Å².